The fraction of sp³-hybridized carbons (Fsp3) is 0.0909. The van der Waals surface area contributed by atoms with Crippen molar-refractivity contribution in [3.63, 3.8) is 0 Å². The highest BCUT2D eigenvalue weighted by atomic mass is 35.5. The summed E-state index contributed by atoms with van der Waals surface area (Å²) < 4.78 is 0. The third-order valence-electron chi connectivity index (χ3n) is 2.10. The molecule has 0 aliphatic heterocycles. The number of aromatic amines is 1. The Hall–Kier alpha value is -1.59. The molecule has 2 rings (SSSR count). The van der Waals surface area contributed by atoms with Gasteiger partial charge >= 0.3 is 0 Å². The van der Waals surface area contributed by atoms with Crippen molar-refractivity contribution in [2.24, 2.45) is 0 Å². The Bertz CT molecular complexity index is 481. The van der Waals surface area contributed by atoms with Crippen molar-refractivity contribution in [1.29, 1.82) is 0 Å². The third-order valence-corrected chi connectivity index (χ3v) is 2.60. The lowest BCUT2D eigenvalue weighted by molar-refractivity contribution is 0.865. The van der Waals surface area contributed by atoms with E-state index in [1.807, 2.05) is 18.2 Å². The highest BCUT2D eigenvalue weighted by Gasteiger charge is 1.98. The van der Waals surface area contributed by atoms with Crippen molar-refractivity contribution in [2.45, 2.75) is 6.54 Å². The van der Waals surface area contributed by atoms with Crippen LogP contribution in [0.5, 0.6) is 0 Å². The molecule has 0 atom stereocenters. The molecule has 1 aromatic heterocycles. The third kappa shape index (κ3) is 3.72. The maximum Gasteiger partial charge on any atom is 0.171 e. The van der Waals surface area contributed by atoms with Gasteiger partial charge in [-0.15, -0.1) is 0 Å². The first-order chi connectivity index (χ1) is 8.24. The van der Waals surface area contributed by atoms with Crippen LogP contribution < -0.4 is 10.6 Å². The minimum Gasteiger partial charge on any atom is -0.357 e. The second-order valence-corrected chi connectivity index (χ2v) is 4.24. The van der Waals surface area contributed by atoms with E-state index in [9.17, 15) is 0 Å². The number of nitrogens with one attached hydrogen (secondary N) is 3. The first-order valence-corrected chi connectivity index (χ1v) is 5.81. The van der Waals surface area contributed by atoms with Gasteiger partial charge in [0.05, 0.1) is 12.2 Å². The van der Waals surface area contributed by atoms with Crippen molar-refractivity contribution in [1.82, 2.24) is 15.5 Å². The largest absolute Gasteiger partial charge is 0.357 e. The van der Waals surface area contributed by atoms with Gasteiger partial charge in [-0.2, -0.15) is 5.10 Å². The van der Waals surface area contributed by atoms with Crippen LogP contribution in [0.25, 0.3) is 0 Å². The zero-order valence-corrected chi connectivity index (χ0v) is 10.5. The van der Waals surface area contributed by atoms with Crippen LogP contribution in [0, 0.1) is 0 Å². The lowest BCUT2D eigenvalue weighted by atomic mass is 10.3. The average Bonchev–Trinajstić information content (AvgIpc) is 2.83. The second-order valence-electron chi connectivity index (χ2n) is 3.40. The van der Waals surface area contributed by atoms with Gasteiger partial charge in [0, 0.05) is 16.9 Å². The van der Waals surface area contributed by atoms with Gasteiger partial charge in [-0.3, -0.25) is 5.10 Å². The van der Waals surface area contributed by atoms with E-state index in [0.717, 1.165) is 11.4 Å². The van der Waals surface area contributed by atoms with Crippen molar-refractivity contribution in [2.75, 3.05) is 5.32 Å². The van der Waals surface area contributed by atoms with Gasteiger partial charge in [0.15, 0.2) is 5.11 Å². The predicted molar refractivity (Wildman–Crippen MR) is 73.1 cm³/mol. The molecule has 1 heterocycles. The van der Waals surface area contributed by atoms with E-state index in [4.69, 9.17) is 23.8 Å². The van der Waals surface area contributed by atoms with Crippen LogP contribution in [0.2, 0.25) is 5.02 Å². The number of rotatable bonds is 3. The second kappa shape index (κ2) is 5.65. The lowest BCUT2D eigenvalue weighted by Gasteiger charge is -2.09. The van der Waals surface area contributed by atoms with E-state index in [2.05, 4.69) is 20.8 Å². The van der Waals surface area contributed by atoms with E-state index in [1.54, 1.807) is 18.3 Å². The van der Waals surface area contributed by atoms with Gasteiger partial charge in [-0.1, -0.05) is 11.6 Å². The minimum absolute atomic E-state index is 0.557. The van der Waals surface area contributed by atoms with Crippen LogP contribution in [0.3, 0.4) is 0 Å². The molecule has 3 N–H and O–H groups in total. The van der Waals surface area contributed by atoms with E-state index in [0.29, 0.717) is 16.7 Å². The quantitative estimate of drug-likeness (QED) is 0.748. The monoisotopic (exact) mass is 266 g/mol. The molecular weight excluding hydrogens is 256 g/mol. The van der Waals surface area contributed by atoms with Crippen LogP contribution >= 0.6 is 23.8 Å². The molecule has 0 aliphatic rings. The van der Waals surface area contributed by atoms with Crippen molar-refractivity contribution >= 4 is 34.6 Å². The summed E-state index contributed by atoms with van der Waals surface area (Å²) in [4.78, 5) is 0. The van der Waals surface area contributed by atoms with E-state index >= 15 is 0 Å². The minimum atomic E-state index is 0.557. The first kappa shape index (κ1) is 11.9. The van der Waals surface area contributed by atoms with Crippen molar-refractivity contribution in [3.8, 4) is 0 Å². The van der Waals surface area contributed by atoms with Crippen molar-refractivity contribution in [3.05, 3.63) is 47.2 Å². The molecule has 0 saturated heterocycles. The summed E-state index contributed by atoms with van der Waals surface area (Å²) in [6, 6.07) is 9.24. The molecule has 17 heavy (non-hydrogen) atoms. The van der Waals surface area contributed by atoms with Gasteiger partial charge in [0.2, 0.25) is 0 Å². The van der Waals surface area contributed by atoms with Gasteiger partial charge in [0.25, 0.3) is 0 Å². The highest BCUT2D eigenvalue weighted by molar-refractivity contribution is 7.80. The Morgan fingerprint density at radius 1 is 1.29 bits per heavy atom. The standard InChI is InChI=1S/C11H11ClN4S/c12-8-1-3-9(4-2-8)15-11(17)13-7-10-5-6-14-16-10/h1-6H,7H2,(H,14,16)(H2,13,15,17). The van der Waals surface area contributed by atoms with Crippen LogP contribution in [-0.4, -0.2) is 15.3 Å². The zero-order chi connectivity index (χ0) is 12.1. The smallest absolute Gasteiger partial charge is 0.171 e. The average molecular weight is 267 g/mol. The van der Waals surface area contributed by atoms with Gasteiger partial charge in [-0.25, -0.2) is 0 Å². The molecule has 0 unspecified atom stereocenters. The zero-order valence-electron chi connectivity index (χ0n) is 8.90. The summed E-state index contributed by atoms with van der Waals surface area (Å²) >= 11 is 10.9. The Morgan fingerprint density at radius 3 is 2.71 bits per heavy atom. The molecule has 2 aromatic rings. The van der Waals surface area contributed by atoms with Gasteiger partial charge < -0.3 is 10.6 Å². The lowest BCUT2D eigenvalue weighted by Crippen LogP contribution is -2.27. The molecule has 0 spiro atoms. The number of hydrogen-bond donors (Lipinski definition) is 3. The normalized spacial score (nSPS) is 9.94. The van der Waals surface area contributed by atoms with Crippen LogP contribution in [0.1, 0.15) is 5.69 Å². The number of anilines is 1. The molecule has 6 heteroatoms. The fourth-order valence-electron chi connectivity index (χ4n) is 1.27. The summed E-state index contributed by atoms with van der Waals surface area (Å²) in [5.41, 5.74) is 1.88. The molecule has 0 bridgehead atoms. The molecule has 0 aliphatic carbocycles. The molecule has 0 radical (unpaired) electrons. The number of aromatic nitrogens is 2. The van der Waals surface area contributed by atoms with E-state index in [1.165, 1.54) is 0 Å². The topological polar surface area (TPSA) is 52.7 Å². The SMILES string of the molecule is S=C(NCc1ccn[nH]1)Nc1ccc(Cl)cc1. The molecule has 0 fully saturated rings. The predicted octanol–water partition coefficient (Wildman–Crippen LogP) is 2.55. The summed E-state index contributed by atoms with van der Waals surface area (Å²) in [7, 11) is 0. The molecule has 88 valence electrons. The Labute approximate surface area is 109 Å². The Balaban J connectivity index is 1.83. The molecule has 1 aromatic carbocycles. The molecule has 0 amide bonds. The summed E-state index contributed by atoms with van der Waals surface area (Å²) in [5.74, 6) is 0. The van der Waals surface area contributed by atoms with Crippen LogP contribution in [0.15, 0.2) is 36.5 Å². The maximum absolute atomic E-state index is 5.79. The number of hydrogen-bond acceptors (Lipinski definition) is 2. The van der Waals surface area contributed by atoms with Gasteiger partial charge in [-0.05, 0) is 42.5 Å². The maximum atomic E-state index is 5.79. The number of H-pyrrole nitrogens is 1. The number of nitrogens with zero attached hydrogens (tertiary/aromatic N) is 1. The van der Waals surface area contributed by atoms with E-state index in [-0.39, 0.29) is 0 Å². The van der Waals surface area contributed by atoms with E-state index < -0.39 is 0 Å². The molecule has 0 saturated carbocycles. The molecule has 4 nitrogen and oxygen atoms in total. The summed E-state index contributed by atoms with van der Waals surface area (Å²) in [6.45, 7) is 0.611. The number of thiocarbonyl (C=S) groups is 1. The first-order valence-electron chi connectivity index (χ1n) is 5.03. The summed E-state index contributed by atoms with van der Waals surface area (Å²) in [6.07, 6.45) is 1.70. The number of benzene rings is 1. The van der Waals surface area contributed by atoms with Crippen molar-refractivity contribution < 1.29 is 0 Å². The summed E-state index contributed by atoms with van der Waals surface area (Å²) in [5, 5.41) is 14.1. The highest BCUT2D eigenvalue weighted by Crippen LogP contribution is 2.13. The Morgan fingerprint density at radius 2 is 2.06 bits per heavy atom. The number of halogens is 1. The van der Waals surface area contributed by atoms with Gasteiger partial charge in [0.1, 0.15) is 0 Å². The molecular formula is C11H11ClN4S. The fourth-order valence-corrected chi connectivity index (χ4v) is 1.58. The van der Waals surface area contributed by atoms with Crippen LogP contribution in [0.4, 0.5) is 5.69 Å². The Kier molecular flexibility index (Phi) is 3.95. The van der Waals surface area contributed by atoms with Crippen LogP contribution in [-0.2, 0) is 6.54 Å².